The number of aliphatic hydroxyl groups excluding tert-OH is 4. The Morgan fingerprint density at radius 1 is 1.20 bits per heavy atom. The van der Waals surface area contributed by atoms with Crippen LogP contribution in [0.5, 0.6) is 0 Å². The highest BCUT2D eigenvalue weighted by Crippen LogP contribution is 2.38. The van der Waals surface area contributed by atoms with Gasteiger partial charge in [-0.3, -0.25) is 4.52 Å². The average Bonchev–Trinajstić information content (AvgIpc) is 2.11. The molecule has 0 aromatic heterocycles. The molecule has 0 aromatic rings. The first-order valence-corrected chi connectivity index (χ1v) is 5.61. The van der Waals surface area contributed by atoms with Crippen LogP contribution >= 0.6 is 7.82 Å². The van der Waals surface area contributed by atoms with Crippen LogP contribution in [0.1, 0.15) is 6.92 Å². The van der Waals surface area contributed by atoms with Crippen LogP contribution in [0.2, 0.25) is 0 Å². The molecule has 0 saturated carbocycles. The van der Waals surface area contributed by atoms with Crippen LogP contribution in [0.3, 0.4) is 0 Å². The van der Waals surface area contributed by atoms with E-state index in [1.54, 1.807) is 0 Å². The van der Waals surface area contributed by atoms with Crippen molar-refractivity contribution < 1.29 is 39.3 Å². The van der Waals surface area contributed by atoms with E-state index in [2.05, 4.69) is 4.52 Å². The lowest BCUT2D eigenvalue weighted by Crippen LogP contribution is -2.45. The molecule has 0 aromatic carbocycles. The maximum Gasteiger partial charge on any atom is 0.469 e. The van der Waals surface area contributed by atoms with Gasteiger partial charge in [0.05, 0.1) is 12.7 Å². The third kappa shape index (κ3) is 5.55. The lowest BCUT2D eigenvalue weighted by atomic mass is 10.0. The van der Waals surface area contributed by atoms with Gasteiger partial charge in [0, 0.05) is 0 Å². The fraction of sp³-hybridized carbons (Fsp3) is 1.00. The number of hydrogen-bond acceptors (Lipinski definition) is 6. The van der Waals surface area contributed by atoms with E-state index in [1.807, 2.05) is 0 Å². The monoisotopic (exact) mass is 246 g/mol. The van der Waals surface area contributed by atoms with E-state index >= 15 is 0 Å². The van der Waals surface area contributed by atoms with Crippen LogP contribution in [0.25, 0.3) is 0 Å². The SMILES string of the molecule is C[C@H](OP(=O)(O)O)[C@@H](O)[C@H](O)[C@H](O)CO. The van der Waals surface area contributed by atoms with Gasteiger partial charge in [-0.15, -0.1) is 0 Å². The Kier molecular flexibility index (Phi) is 5.86. The molecule has 0 heterocycles. The maximum absolute atomic E-state index is 10.4. The Morgan fingerprint density at radius 2 is 1.67 bits per heavy atom. The van der Waals surface area contributed by atoms with E-state index in [9.17, 15) is 9.67 Å². The summed E-state index contributed by atoms with van der Waals surface area (Å²) in [7, 11) is -4.77. The first-order valence-electron chi connectivity index (χ1n) is 4.08. The van der Waals surface area contributed by atoms with Crippen LogP contribution in [0.15, 0.2) is 0 Å². The molecule has 0 aliphatic heterocycles. The third-order valence-corrected chi connectivity index (χ3v) is 2.32. The molecule has 8 nitrogen and oxygen atoms in total. The molecule has 9 heteroatoms. The zero-order valence-corrected chi connectivity index (χ0v) is 8.86. The minimum atomic E-state index is -4.77. The minimum Gasteiger partial charge on any atom is -0.394 e. The van der Waals surface area contributed by atoms with Crippen LogP contribution in [-0.2, 0) is 9.09 Å². The Morgan fingerprint density at radius 3 is 2.00 bits per heavy atom. The molecule has 6 N–H and O–H groups in total. The van der Waals surface area contributed by atoms with Crippen molar-refractivity contribution in [3.63, 3.8) is 0 Å². The molecule has 0 fully saturated rings. The number of hydrogen-bond donors (Lipinski definition) is 6. The van der Waals surface area contributed by atoms with E-state index in [4.69, 9.17) is 25.1 Å². The molecule has 0 amide bonds. The number of rotatable bonds is 6. The van der Waals surface area contributed by atoms with E-state index in [0.717, 1.165) is 6.92 Å². The summed E-state index contributed by atoms with van der Waals surface area (Å²) in [6, 6.07) is 0. The van der Waals surface area contributed by atoms with Crippen LogP contribution < -0.4 is 0 Å². The van der Waals surface area contributed by atoms with Crippen LogP contribution in [0, 0.1) is 0 Å². The highest BCUT2D eigenvalue weighted by atomic mass is 31.2. The summed E-state index contributed by atoms with van der Waals surface area (Å²) in [6.07, 6.45) is -6.47. The summed E-state index contributed by atoms with van der Waals surface area (Å²) in [5.74, 6) is 0. The summed E-state index contributed by atoms with van der Waals surface area (Å²) in [6.45, 7) is 0.317. The minimum absolute atomic E-state index is 0.791. The predicted molar refractivity (Wildman–Crippen MR) is 47.7 cm³/mol. The molecule has 0 unspecified atom stereocenters. The average molecular weight is 246 g/mol. The molecule has 0 aliphatic rings. The van der Waals surface area contributed by atoms with Crippen molar-refractivity contribution in [2.24, 2.45) is 0 Å². The normalized spacial score (nSPS) is 20.7. The molecule has 0 aliphatic carbocycles. The van der Waals surface area contributed by atoms with Gasteiger partial charge in [0.15, 0.2) is 0 Å². The van der Waals surface area contributed by atoms with Crippen molar-refractivity contribution in [2.75, 3.05) is 6.61 Å². The lowest BCUT2D eigenvalue weighted by molar-refractivity contribution is -0.108. The van der Waals surface area contributed by atoms with E-state index in [-0.39, 0.29) is 0 Å². The lowest BCUT2D eigenvalue weighted by Gasteiger charge is -2.26. The van der Waals surface area contributed by atoms with Crippen molar-refractivity contribution in [1.29, 1.82) is 0 Å². The van der Waals surface area contributed by atoms with Gasteiger partial charge >= 0.3 is 7.82 Å². The van der Waals surface area contributed by atoms with Gasteiger partial charge in [-0.25, -0.2) is 4.57 Å². The smallest absolute Gasteiger partial charge is 0.394 e. The second kappa shape index (κ2) is 5.88. The Balaban J connectivity index is 4.31. The first kappa shape index (κ1) is 14.9. The third-order valence-electron chi connectivity index (χ3n) is 1.72. The molecule has 0 rings (SSSR count). The zero-order chi connectivity index (χ0) is 12.2. The van der Waals surface area contributed by atoms with Gasteiger partial charge in [0.25, 0.3) is 0 Å². The van der Waals surface area contributed by atoms with Crippen molar-refractivity contribution >= 4 is 7.82 Å². The Hall–Kier alpha value is -0.0500. The molecule has 4 atom stereocenters. The van der Waals surface area contributed by atoms with E-state index < -0.39 is 38.8 Å². The molecular weight excluding hydrogens is 231 g/mol. The quantitative estimate of drug-likeness (QED) is 0.283. The molecule has 92 valence electrons. The van der Waals surface area contributed by atoms with Gasteiger partial charge in [0.1, 0.15) is 18.3 Å². The van der Waals surface area contributed by atoms with Gasteiger partial charge in [-0.1, -0.05) is 0 Å². The summed E-state index contributed by atoms with van der Waals surface area (Å²) in [5.41, 5.74) is 0. The second-order valence-electron chi connectivity index (χ2n) is 3.03. The first-order chi connectivity index (χ1) is 6.69. The standard InChI is InChI=1S/C6H15O8P/c1-3(14-15(11,12)13)5(9)6(10)4(8)2-7/h3-10H,2H2,1H3,(H2,11,12,13)/t3-,4+,5+,6+/m0/s1. The topological polar surface area (TPSA) is 148 Å². The van der Waals surface area contributed by atoms with Gasteiger partial charge in [0.2, 0.25) is 0 Å². The number of aliphatic hydroxyl groups is 4. The second-order valence-corrected chi connectivity index (χ2v) is 4.22. The maximum atomic E-state index is 10.4. The van der Waals surface area contributed by atoms with Gasteiger partial charge < -0.3 is 30.2 Å². The summed E-state index contributed by atoms with van der Waals surface area (Å²) in [4.78, 5) is 16.8. The van der Waals surface area contributed by atoms with Crippen molar-refractivity contribution in [3.8, 4) is 0 Å². The largest absolute Gasteiger partial charge is 0.469 e. The fourth-order valence-corrected chi connectivity index (χ4v) is 1.45. The molecule has 0 radical (unpaired) electrons. The summed E-state index contributed by atoms with van der Waals surface area (Å²) in [5, 5.41) is 35.8. The molecule has 0 bridgehead atoms. The highest BCUT2D eigenvalue weighted by Gasteiger charge is 2.32. The van der Waals surface area contributed by atoms with Crippen molar-refractivity contribution in [1.82, 2.24) is 0 Å². The highest BCUT2D eigenvalue weighted by molar-refractivity contribution is 7.46. The van der Waals surface area contributed by atoms with Crippen molar-refractivity contribution in [2.45, 2.75) is 31.3 Å². The number of phosphoric ester groups is 1. The molecule has 15 heavy (non-hydrogen) atoms. The van der Waals surface area contributed by atoms with Crippen LogP contribution in [0.4, 0.5) is 0 Å². The van der Waals surface area contributed by atoms with Gasteiger partial charge in [-0.2, -0.15) is 0 Å². The van der Waals surface area contributed by atoms with E-state index in [1.165, 1.54) is 0 Å². The molecular formula is C6H15O8P. The fourth-order valence-electron chi connectivity index (χ4n) is 0.892. The zero-order valence-electron chi connectivity index (χ0n) is 7.96. The van der Waals surface area contributed by atoms with Crippen molar-refractivity contribution in [3.05, 3.63) is 0 Å². The Bertz CT molecular complexity index is 227. The molecule has 0 spiro atoms. The summed E-state index contributed by atoms with van der Waals surface area (Å²) >= 11 is 0. The van der Waals surface area contributed by atoms with Crippen LogP contribution in [-0.4, -0.2) is 61.2 Å². The predicted octanol–water partition coefficient (Wildman–Crippen LogP) is -2.44. The van der Waals surface area contributed by atoms with Gasteiger partial charge in [-0.05, 0) is 6.92 Å². The summed E-state index contributed by atoms with van der Waals surface area (Å²) < 4.78 is 14.5. The number of phosphoric acid groups is 1. The Labute approximate surface area is 86.0 Å². The molecule has 0 saturated heterocycles. The van der Waals surface area contributed by atoms with E-state index in [0.29, 0.717) is 0 Å².